The normalized spacial score (nSPS) is 11.5. The number of nitrogens with one attached hydrogen (secondary N) is 1. The molecule has 0 saturated heterocycles. The fraction of sp³-hybridized carbons (Fsp3) is 0.235. The third-order valence-corrected chi connectivity index (χ3v) is 3.59. The van der Waals surface area contributed by atoms with E-state index in [2.05, 4.69) is 15.3 Å². The maximum Gasteiger partial charge on any atom is 0.416 e. The van der Waals surface area contributed by atoms with Gasteiger partial charge in [-0.15, -0.1) is 0 Å². The highest BCUT2D eigenvalue weighted by atomic mass is 19.4. The lowest BCUT2D eigenvalue weighted by Crippen LogP contribution is -2.04. The molecule has 136 valence electrons. The van der Waals surface area contributed by atoms with Crippen LogP contribution in [0.3, 0.4) is 0 Å². The van der Waals surface area contributed by atoms with E-state index >= 15 is 0 Å². The number of carbonyl (C=O) groups is 1. The summed E-state index contributed by atoms with van der Waals surface area (Å²) in [6.45, 7) is 2.26. The van der Waals surface area contributed by atoms with Crippen LogP contribution < -0.4 is 0 Å². The van der Waals surface area contributed by atoms with Crippen molar-refractivity contribution < 1.29 is 22.7 Å². The van der Waals surface area contributed by atoms with Gasteiger partial charge in [-0.2, -0.15) is 23.4 Å². The molecule has 0 radical (unpaired) electrons. The van der Waals surface area contributed by atoms with E-state index < -0.39 is 17.7 Å². The molecule has 1 aromatic carbocycles. The third-order valence-electron chi connectivity index (χ3n) is 3.59. The first-order valence-electron chi connectivity index (χ1n) is 7.78. The molecule has 2 heterocycles. The maximum atomic E-state index is 12.8. The number of ether oxygens (including phenoxy) is 1. The number of hydrogen-bond donors (Lipinski definition) is 1. The molecule has 3 rings (SSSR count). The van der Waals surface area contributed by atoms with Gasteiger partial charge in [0, 0.05) is 11.8 Å². The molecule has 0 aliphatic rings. The molecule has 0 aliphatic heterocycles. The minimum Gasteiger partial charge on any atom is -0.462 e. The number of carbonyl (C=O) groups excluding carboxylic acids is 1. The van der Waals surface area contributed by atoms with E-state index in [-0.39, 0.29) is 13.2 Å². The lowest BCUT2D eigenvalue weighted by atomic mass is 10.1. The fourth-order valence-electron chi connectivity index (χ4n) is 2.39. The van der Waals surface area contributed by atoms with Gasteiger partial charge in [-0.1, -0.05) is 12.1 Å². The number of nitrogens with zero attached hydrogens (tertiary/aromatic N) is 3. The van der Waals surface area contributed by atoms with Gasteiger partial charge in [0.15, 0.2) is 0 Å². The Morgan fingerprint density at radius 3 is 2.85 bits per heavy atom. The second-order valence-corrected chi connectivity index (χ2v) is 5.50. The molecule has 0 saturated carbocycles. The smallest absolute Gasteiger partial charge is 0.416 e. The molecule has 0 bridgehead atoms. The first-order chi connectivity index (χ1) is 12.4. The van der Waals surface area contributed by atoms with Crippen LogP contribution in [0.15, 0.2) is 42.7 Å². The van der Waals surface area contributed by atoms with E-state index in [1.54, 1.807) is 19.1 Å². The number of benzene rings is 1. The number of rotatable bonds is 5. The van der Waals surface area contributed by atoms with Gasteiger partial charge in [0.25, 0.3) is 0 Å². The van der Waals surface area contributed by atoms with Gasteiger partial charge in [0.05, 0.1) is 41.9 Å². The average Bonchev–Trinajstić information content (AvgIpc) is 3.25. The van der Waals surface area contributed by atoms with Crippen molar-refractivity contribution in [3.8, 4) is 11.3 Å². The number of alkyl halides is 3. The van der Waals surface area contributed by atoms with Crippen LogP contribution in [0, 0.1) is 0 Å². The Labute approximate surface area is 146 Å². The molecule has 0 spiro atoms. The van der Waals surface area contributed by atoms with Gasteiger partial charge in [-0.25, -0.2) is 4.79 Å². The Morgan fingerprint density at radius 1 is 1.31 bits per heavy atom. The first-order valence-corrected chi connectivity index (χ1v) is 7.78. The number of aromatic amines is 1. The lowest BCUT2D eigenvalue weighted by Gasteiger charge is -2.07. The Kier molecular flexibility index (Phi) is 4.79. The Balaban J connectivity index is 1.76. The summed E-state index contributed by atoms with van der Waals surface area (Å²) in [5, 5.41) is 10.9. The van der Waals surface area contributed by atoms with Gasteiger partial charge in [-0.3, -0.25) is 9.78 Å². The zero-order valence-corrected chi connectivity index (χ0v) is 13.7. The van der Waals surface area contributed by atoms with Gasteiger partial charge >= 0.3 is 12.1 Å². The molecule has 26 heavy (non-hydrogen) atoms. The van der Waals surface area contributed by atoms with Crippen molar-refractivity contribution in [1.29, 1.82) is 0 Å². The quantitative estimate of drug-likeness (QED) is 0.703. The molecule has 0 unspecified atom stereocenters. The van der Waals surface area contributed by atoms with Crippen LogP contribution in [0.4, 0.5) is 13.2 Å². The summed E-state index contributed by atoms with van der Waals surface area (Å²) < 4.78 is 44.9. The first kappa shape index (κ1) is 17.7. The molecule has 0 fully saturated rings. The van der Waals surface area contributed by atoms with Gasteiger partial charge in [-0.05, 0) is 25.1 Å². The van der Waals surface area contributed by atoms with E-state index in [0.29, 0.717) is 22.5 Å². The summed E-state index contributed by atoms with van der Waals surface area (Å²) in [5.74, 6) is -0.465. The fourth-order valence-corrected chi connectivity index (χ4v) is 2.39. The van der Waals surface area contributed by atoms with Crippen molar-refractivity contribution in [2.45, 2.75) is 19.6 Å². The summed E-state index contributed by atoms with van der Waals surface area (Å²) in [5.41, 5.74) is 0.977. The highest BCUT2D eigenvalue weighted by molar-refractivity contribution is 5.88. The van der Waals surface area contributed by atoms with Crippen LogP contribution in [-0.4, -0.2) is 32.6 Å². The summed E-state index contributed by atoms with van der Waals surface area (Å²) in [6.07, 6.45) is -1.49. The maximum absolute atomic E-state index is 12.8. The van der Waals surface area contributed by atoms with E-state index in [1.165, 1.54) is 23.1 Å². The SMILES string of the molecule is CCOC(=O)c1cnn(Cc2cc(-c3cccc(C(F)(F)F)c3)n[nH]2)c1. The second kappa shape index (κ2) is 7.03. The standard InChI is InChI=1S/C17H15F3N4O2/c1-2-26-16(25)12-8-21-24(9-12)10-14-7-15(23-22-14)11-4-3-5-13(6-11)17(18,19)20/h3-9H,2,10H2,1H3,(H,22,23). The molecule has 3 aromatic rings. The minimum atomic E-state index is -4.41. The van der Waals surface area contributed by atoms with Gasteiger partial charge in [0.1, 0.15) is 0 Å². The van der Waals surface area contributed by atoms with Crippen molar-refractivity contribution in [2.24, 2.45) is 0 Å². The number of hydrogen-bond acceptors (Lipinski definition) is 4. The number of esters is 1. The monoisotopic (exact) mass is 364 g/mol. The zero-order valence-electron chi connectivity index (χ0n) is 13.7. The van der Waals surface area contributed by atoms with E-state index in [4.69, 9.17) is 4.74 Å². The molecular weight excluding hydrogens is 349 g/mol. The van der Waals surface area contributed by atoms with Crippen LogP contribution in [0.1, 0.15) is 28.5 Å². The van der Waals surface area contributed by atoms with E-state index in [0.717, 1.165) is 12.1 Å². The number of aromatic nitrogens is 4. The average molecular weight is 364 g/mol. The molecule has 0 atom stereocenters. The van der Waals surface area contributed by atoms with Crippen LogP contribution in [-0.2, 0) is 17.5 Å². The number of H-pyrrole nitrogens is 1. The summed E-state index contributed by atoms with van der Waals surface area (Å²) in [4.78, 5) is 11.6. The summed E-state index contributed by atoms with van der Waals surface area (Å²) >= 11 is 0. The third kappa shape index (κ3) is 3.93. The van der Waals surface area contributed by atoms with E-state index in [9.17, 15) is 18.0 Å². The van der Waals surface area contributed by atoms with Crippen molar-refractivity contribution >= 4 is 5.97 Å². The minimum absolute atomic E-state index is 0.269. The predicted molar refractivity (Wildman–Crippen MR) is 86.3 cm³/mol. The molecule has 6 nitrogen and oxygen atoms in total. The lowest BCUT2D eigenvalue weighted by molar-refractivity contribution is -0.137. The van der Waals surface area contributed by atoms with Gasteiger partial charge < -0.3 is 4.74 Å². The van der Waals surface area contributed by atoms with Crippen LogP contribution in [0.2, 0.25) is 0 Å². The van der Waals surface area contributed by atoms with Crippen LogP contribution in [0.5, 0.6) is 0 Å². The molecule has 0 aliphatic carbocycles. The summed E-state index contributed by atoms with van der Waals surface area (Å²) in [6, 6.07) is 6.60. The molecule has 1 N–H and O–H groups in total. The Morgan fingerprint density at radius 2 is 2.12 bits per heavy atom. The van der Waals surface area contributed by atoms with Crippen molar-refractivity contribution in [1.82, 2.24) is 20.0 Å². The van der Waals surface area contributed by atoms with Gasteiger partial charge in [0.2, 0.25) is 0 Å². The van der Waals surface area contributed by atoms with Crippen LogP contribution >= 0.6 is 0 Å². The van der Waals surface area contributed by atoms with Crippen molar-refractivity contribution in [3.05, 3.63) is 59.5 Å². The topological polar surface area (TPSA) is 72.8 Å². The molecule has 9 heteroatoms. The molecule has 2 aromatic heterocycles. The Bertz CT molecular complexity index is 915. The molecule has 0 amide bonds. The van der Waals surface area contributed by atoms with Crippen molar-refractivity contribution in [2.75, 3.05) is 6.61 Å². The Hall–Kier alpha value is -3.10. The van der Waals surface area contributed by atoms with E-state index in [1.807, 2.05) is 0 Å². The summed E-state index contributed by atoms with van der Waals surface area (Å²) in [7, 11) is 0. The zero-order chi connectivity index (χ0) is 18.7. The predicted octanol–water partition coefficient (Wildman–Crippen LogP) is 3.52. The van der Waals surface area contributed by atoms with Crippen LogP contribution in [0.25, 0.3) is 11.3 Å². The number of halogens is 3. The largest absolute Gasteiger partial charge is 0.462 e. The van der Waals surface area contributed by atoms with Crippen molar-refractivity contribution in [3.63, 3.8) is 0 Å². The highest BCUT2D eigenvalue weighted by Gasteiger charge is 2.30. The highest BCUT2D eigenvalue weighted by Crippen LogP contribution is 2.31. The molecular formula is C17H15F3N4O2. The second-order valence-electron chi connectivity index (χ2n) is 5.50.